The predicted molar refractivity (Wildman–Crippen MR) is 84.1 cm³/mol. The van der Waals surface area contributed by atoms with E-state index in [1.165, 1.54) is 0 Å². The molecule has 0 spiro atoms. The highest BCUT2D eigenvalue weighted by molar-refractivity contribution is 6.41. The van der Waals surface area contributed by atoms with Crippen LogP contribution in [0.25, 0.3) is 0 Å². The van der Waals surface area contributed by atoms with Gasteiger partial charge in [0.2, 0.25) is 0 Å². The van der Waals surface area contributed by atoms with Crippen LogP contribution in [0.2, 0.25) is 10.2 Å². The third kappa shape index (κ3) is 4.36. The van der Waals surface area contributed by atoms with Crippen LogP contribution >= 0.6 is 23.2 Å². The minimum Gasteiger partial charge on any atom is -0.393 e. The monoisotopic (exact) mass is 333 g/mol. The summed E-state index contributed by atoms with van der Waals surface area (Å²) in [5.41, 5.74) is 0.464. The van der Waals surface area contributed by atoms with Crippen molar-refractivity contribution in [1.29, 1.82) is 0 Å². The largest absolute Gasteiger partial charge is 0.393 e. The highest BCUT2D eigenvalue weighted by Crippen LogP contribution is 2.24. The molecule has 0 aromatic carbocycles. The maximum atomic E-state index is 12.0. The van der Waals surface area contributed by atoms with E-state index in [2.05, 4.69) is 10.2 Å². The summed E-state index contributed by atoms with van der Waals surface area (Å²) in [5.74, 6) is -0.166. The molecule has 2 N–H and O–H groups in total. The normalized spacial score (nSPS) is 17.1. The van der Waals surface area contributed by atoms with E-state index in [0.717, 1.165) is 38.9 Å². The number of carbonyl (C=O) groups is 1. The van der Waals surface area contributed by atoms with E-state index in [9.17, 15) is 9.90 Å². The van der Waals surface area contributed by atoms with Gasteiger partial charge in [0.05, 0.1) is 11.1 Å². The molecule has 1 saturated heterocycles. The van der Waals surface area contributed by atoms with Crippen LogP contribution in [-0.4, -0.2) is 52.8 Å². The first-order valence-electron chi connectivity index (χ1n) is 7.18. The third-order valence-corrected chi connectivity index (χ3v) is 4.68. The van der Waals surface area contributed by atoms with Gasteiger partial charge in [0, 0.05) is 26.7 Å². The van der Waals surface area contributed by atoms with E-state index in [-0.39, 0.29) is 12.0 Å². The van der Waals surface area contributed by atoms with Crippen molar-refractivity contribution in [3.63, 3.8) is 0 Å². The Hall–Kier alpha value is -0.750. The van der Waals surface area contributed by atoms with Gasteiger partial charge < -0.3 is 19.9 Å². The van der Waals surface area contributed by atoms with Crippen molar-refractivity contribution in [2.75, 3.05) is 26.2 Å². The van der Waals surface area contributed by atoms with Crippen molar-refractivity contribution in [2.45, 2.75) is 25.4 Å². The van der Waals surface area contributed by atoms with Crippen molar-refractivity contribution >= 4 is 29.1 Å². The zero-order valence-corrected chi connectivity index (χ0v) is 13.6. The van der Waals surface area contributed by atoms with Crippen molar-refractivity contribution in [3.05, 3.63) is 21.9 Å². The van der Waals surface area contributed by atoms with Crippen LogP contribution in [0.5, 0.6) is 0 Å². The first-order valence-corrected chi connectivity index (χ1v) is 7.94. The number of likely N-dealkylation sites (tertiary alicyclic amines) is 1. The van der Waals surface area contributed by atoms with Crippen LogP contribution in [0.1, 0.15) is 29.8 Å². The zero-order valence-electron chi connectivity index (χ0n) is 12.1. The van der Waals surface area contributed by atoms with Crippen molar-refractivity contribution in [2.24, 2.45) is 7.05 Å². The van der Waals surface area contributed by atoms with Crippen LogP contribution in [0.3, 0.4) is 0 Å². The van der Waals surface area contributed by atoms with Gasteiger partial charge >= 0.3 is 0 Å². The Morgan fingerprint density at radius 1 is 1.43 bits per heavy atom. The molecule has 7 heteroatoms. The second-order valence-corrected chi connectivity index (χ2v) is 6.17. The van der Waals surface area contributed by atoms with Crippen molar-refractivity contribution in [1.82, 2.24) is 14.8 Å². The summed E-state index contributed by atoms with van der Waals surface area (Å²) in [4.78, 5) is 14.3. The fourth-order valence-corrected chi connectivity index (χ4v) is 2.87. The van der Waals surface area contributed by atoms with Crippen LogP contribution in [-0.2, 0) is 7.05 Å². The van der Waals surface area contributed by atoms with E-state index in [4.69, 9.17) is 23.2 Å². The van der Waals surface area contributed by atoms with Gasteiger partial charge in [0.1, 0.15) is 10.8 Å². The van der Waals surface area contributed by atoms with Crippen LogP contribution in [0.15, 0.2) is 6.07 Å². The number of halogens is 2. The lowest BCUT2D eigenvalue weighted by Gasteiger charge is -2.29. The smallest absolute Gasteiger partial charge is 0.267 e. The molecule has 0 atom stereocenters. The summed E-state index contributed by atoms with van der Waals surface area (Å²) in [6, 6.07) is 1.57. The molecule has 21 heavy (non-hydrogen) atoms. The lowest BCUT2D eigenvalue weighted by molar-refractivity contribution is 0.0816. The van der Waals surface area contributed by atoms with Gasteiger partial charge in [0.15, 0.2) is 0 Å². The molecule has 118 valence electrons. The second-order valence-electron chi connectivity index (χ2n) is 5.41. The molecule has 0 aliphatic carbocycles. The number of piperidine rings is 1. The number of amides is 1. The quantitative estimate of drug-likeness (QED) is 0.809. The highest BCUT2D eigenvalue weighted by Gasteiger charge is 2.17. The molecular formula is C14H21Cl2N3O2. The predicted octanol–water partition coefficient (Wildman–Crippen LogP) is 1.91. The Labute approximate surface area is 134 Å². The van der Waals surface area contributed by atoms with E-state index in [0.29, 0.717) is 22.4 Å². The molecule has 1 aromatic rings. The molecule has 2 heterocycles. The second kappa shape index (κ2) is 7.49. The van der Waals surface area contributed by atoms with Crippen LogP contribution in [0.4, 0.5) is 0 Å². The molecule has 1 aliphatic rings. The molecule has 1 aromatic heterocycles. The fraction of sp³-hybridized carbons (Fsp3) is 0.643. The maximum Gasteiger partial charge on any atom is 0.267 e. The van der Waals surface area contributed by atoms with E-state index in [1.54, 1.807) is 17.7 Å². The fourth-order valence-electron chi connectivity index (χ4n) is 2.50. The Morgan fingerprint density at radius 2 is 2.10 bits per heavy atom. The van der Waals surface area contributed by atoms with Gasteiger partial charge in [-0.2, -0.15) is 0 Å². The van der Waals surface area contributed by atoms with E-state index in [1.807, 2.05) is 0 Å². The number of rotatable bonds is 5. The molecule has 0 saturated carbocycles. The van der Waals surface area contributed by atoms with E-state index < -0.39 is 0 Å². The van der Waals surface area contributed by atoms with Crippen molar-refractivity contribution < 1.29 is 9.90 Å². The molecule has 5 nitrogen and oxygen atoms in total. The average molecular weight is 334 g/mol. The standard InChI is InChI=1S/C14H21Cl2N3O2/c1-18-12(9-11(15)13(18)16)14(21)17-5-2-6-19-7-3-10(20)4-8-19/h9-10,20H,2-8H2,1H3,(H,17,21). The number of aliphatic hydroxyl groups is 1. The summed E-state index contributed by atoms with van der Waals surface area (Å²) < 4.78 is 1.57. The number of aromatic nitrogens is 1. The number of aliphatic hydroxyl groups excluding tert-OH is 1. The molecule has 0 unspecified atom stereocenters. The van der Waals surface area contributed by atoms with E-state index >= 15 is 0 Å². The summed E-state index contributed by atoms with van der Waals surface area (Å²) in [7, 11) is 1.71. The number of hydrogen-bond donors (Lipinski definition) is 2. The zero-order chi connectivity index (χ0) is 15.4. The number of carbonyl (C=O) groups excluding carboxylic acids is 1. The molecule has 0 radical (unpaired) electrons. The SMILES string of the molecule is Cn1c(C(=O)NCCCN2CCC(O)CC2)cc(Cl)c1Cl. The molecule has 1 amide bonds. The number of hydrogen-bond acceptors (Lipinski definition) is 3. The lowest BCUT2D eigenvalue weighted by Crippen LogP contribution is -2.37. The van der Waals surface area contributed by atoms with Gasteiger partial charge in [-0.15, -0.1) is 0 Å². The van der Waals surface area contributed by atoms with Gasteiger partial charge in [-0.25, -0.2) is 0 Å². The average Bonchev–Trinajstić information content (AvgIpc) is 2.73. The summed E-state index contributed by atoms with van der Waals surface area (Å²) in [6.07, 6.45) is 2.42. The topological polar surface area (TPSA) is 57.5 Å². The minimum atomic E-state index is -0.166. The first-order chi connectivity index (χ1) is 9.99. The van der Waals surface area contributed by atoms with Crippen molar-refractivity contribution in [3.8, 4) is 0 Å². The van der Waals surface area contributed by atoms with Gasteiger partial charge in [-0.1, -0.05) is 23.2 Å². The molecule has 2 rings (SSSR count). The maximum absolute atomic E-state index is 12.0. The number of nitrogens with one attached hydrogen (secondary N) is 1. The lowest BCUT2D eigenvalue weighted by atomic mass is 10.1. The third-order valence-electron chi connectivity index (χ3n) is 3.84. The Balaban J connectivity index is 1.71. The molecule has 1 fully saturated rings. The van der Waals surface area contributed by atoms with Crippen LogP contribution in [0, 0.1) is 0 Å². The van der Waals surface area contributed by atoms with Gasteiger partial charge in [-0.05, 0) is 31.9 Å². The molecule has 0 bridgehead atoms. The van der Waals surface area contributed by atoms with Crippen LogP contribution < -0.4 is 5.32 Å². The van der Waals surface area contributed by atoms with Gasteiger partial charge in [-0.3, -0.25) is 4.79 Å². The number of nitrogens with zero attached hydrogens (tertiary/aromatic N) is 2. The first kappa shape index (κ1) is 16.6. The summed E-state index contributed by atoms with van der Waals surface area (Å²) >= 11 is 11.8. The minimum absolute atomic E-state index is 0.146. The Morgan fingerprint density at radius 3 is 2.67 bits per heavy atom. The summed E-state index contributed by atoms with van der Waals surface area (Å²) in [6.45, 7) is 3.40. The van der Waals surface area contributed by atoms with Gasteiger partial charge in [0.25, 0.3) is 5.91 Å². The molecule has 1 aliphatic heterocycles. The Bertz CT molecular complexity index is 497. The Kier molecular flexibility index (Phi) is 5.93. The summed E-state index contributed by atoms with van der Waals surface area (Å²) in [5, 5.41) is 13.1. The highest BCUT2D eigenvalue weighted by atomic mass is 35.5. The molecular weight excluding hydrogens is 313 g/mol.